The fourth-order valence-electron chi connectivity index (χ4n) is 2.61. The molecule has 2 amide bonds. The van der Waals surface area contributed by atoms with E-state index in [0.29, 0.717) is 30.6 Å². The molecule has 5 N–H and O–H groups in total. The van der Waals surface area contributed by atoms with Gasteiger partial charge in [0.25, 0.3) is 5.91 Å². The molecule has 1 atom stereocenters. The fourth-order valence-corrected chi connectivity index (χ4v) is 2.61. The lowest BCUT2D eigenvalue weighted by Gasteiger charge is -2.21. The number of guanidine groups is 1. The highest BCUT2D eigenvalue weighted by molar-refractivity contribution is 14.0. The first-order chi connectivity index (χ1) is 13.4. The number of nitrogens with one attached hydrogen (secondary N) is 3. The van der Waals surface area contributed by atoms with Crippen molar-refractivity contribution in [3.05, 3.63) is 35.4 Å². The van der Waals surface area contributed by atoms with Crippen LogP contribution < -0.4 is 21.7 Å². The molecule has 0 aromatic heterocycles. The normalized spacial score (nSPS) is 12.1. The zero-order valence-electron chi connectivity index (χ0n) is 17.7. The number of halogens is 1. The van der Waals surface area contributed by atoms with Crippen molar-refractivity contribution in [2.45, 2.75) is 39.8 Å². The number of carbonyl (C=O) groups is 2. The van der Waals surface area contributed by atoms with Crippen molar-refractivity contribution < 1.29 is 14.3 Å². The largest absolute Gasteiger partial charge is 0.378 e. The summed E-state index contributed by atoms with van der Waals surface area (Å²) >= 11 is 0. The summed E-state index contributed by atoms with van der Waals surface area (Å²) in [5.74, 6) is 0.275. The van der Waals surface area contributed by atoms with Gasteiger partial charge in [-0.15, -0.1) is 24.0 Å². The number of aliphatic imine (C=N–C) groups is 1. The third kappa shape index (κ3) is 11.0. The number of ether oxygens (including phenoxy) is 1. The van der Waals surface area contributed by atoms with Crippen LogP contribution in [0.1, 0.15) is 43.1 Å². The van der Waals surface area contributed by atoms with Gasteiger partial charge in [0.15, 0.2) is 5.96 Å². The molecule has 1 aromatic carbocycles. The van der Waals surface area contributed by atoms with E-state index in [0.717, 1.165) is 18.5 Å². The van der Waals surface area contributed by atoms with E-state index in [1.165, 1.54) is 0 Å². The van der Waals surface area contributed by atoms with Crippen LogP contribution in [0.5, 0.6) is 0 Å². The first-order valence-corrected chi connectivity index (χ1v) is 9.58. The van der Waals surface area contributed by atoms with Crippen LogP contribution in [0.2, 0.25) is 0 Å². The van der Waals surface area contributed by atoms with E-state index >= 15 is 0 Å². The molecule has 0 aliphatic rings. The summed E-state index contributed by atoms with van der Waals surface area (Å²) in [6, 6.07) is 7.12. The van der Waals surface area contributed by atoms with Crippen LogP contribution in [0.3, 0.4) is 0 Å². The second-order valence-corrected chi connectivity index (χ2v) is 6.72. The molecule has 0 saturated heterocycles. The van der Waals surface area contributed by atoms with Gasteiger partial charge in [0, 0.05) is 32.3 Å². The van der Waals surface area contributed by atoms with Gasteiger partial charge >= 0.3 is 0 Å². The summed E-state index contributed by atoms with van der Waals surface area (Å²) in [7, 11) is 1.73. The molecule has 9 heteroatoms. The lowest BCUT2D eigenvalue weighted by Crippen LogP contribution is -2.39. The Hall–Kier alpha value is -1.88. The number of nitrogens with two attached hydrogens (primary N) is 1. The van der Waals surface area contributed by atoms with Gasteiger partial charge in [0.1, 0.15) is 0 Å². The van der Waals surface area contributed by atoms with E-state index in [1.807, 2.05) is 19.1 Å². The van der Waals surface area contributed by atoms with Gasteiger partial charge in [-0.2, -0.15) is 0 Å². The summed E-state index contributed by atoms with van der Waals surface area (Å²) in [6.07, 6.45) is 1.13. The van der Waals surface area contributed by atoms with Gasteiger partial charge < -0.3 is 26.4 Å². The van der Waals surface area contributed by atoms with Crippen molar-refractivity contribution in [1.29, 1.82) is 0 Å². The van der Waals surface area contributed by atoms with Crippen LogP contribution in [0.15, 0.2) is 29.3 Å². The molecule has 0 spiro atoms. The monoisotopic (exact) mass is 519 g/mol. The molecule has 0 heterocycles. The zero-order chi connectivity index (χ0) is 20.9. The molecule has 1 rings (SSSR count). The van der Waals surface area contributed by atoms with Gasteiger partial charge in [0.05, 0.1) is 12.6 Å². The third-order valence-electron chi connectivity index (χ3n) is 4.17. The number of nitrogens with zero attached hydrogens (tertiary/aromatic N) is 1. The minimum absolute atomic E-state index is 0. The van der Waals surface area contributed by atoms with Crippen molar-refractivity contribution in [1.82, 2.24) is 16.0 Å². The Morgan fingerprint density at radius 1 is 1.14 bits per heavy atom. The molecule has 0 saturated carbocycles. The lowest BCUT2D eigenvalue weighted by molar-refractivity contribution is -0.117. The molecule has 0 radical (unpaired) electrons. The van der Waals surface area contributed by atoms with Crippen molar-refractivity contribution in [3.63, 3.8) is 0 Å². The maximum absolute atomic E-state index is 11.9. The summed E-state index contributed by atoms with van der Waals surface area (Å²) in [4.78, 5) is 26.8. The van der Waals surface area contributed by atoms with Gasteiger partial charge in [-0.05, 0) is 37.0 Å². The van der Waals surface area contributed by atoms with Gasteiger partial charge in [-0.3, -0.25) is 14.6 Å². The first-order valence-electron chi connectivity index (χ1n) is 9.58. The molecule has 0 bridgehead atoms. The average molecular weight is 519 g/mol. The summed E-state index contributed by atoms with van der Waals surface area (Å²) in [6.45, 7) is 8.20. The van der Waals surface area contributed by atoms with Crippen LogP contribution in [0.25, 0.3) is 0 Å². The van der Waals surface area contributed by atoms with Gasteiger partial charge in [0.2, 0.25) is 5.91 Å². The van der Waals surface area contributed by atoms with Gasteiger partial charge in [-0.1, -0.05) is 26.0 Å². The molecule has 1 aromatic rings. The van der Waals surface area contributed by atoms with Crippen molar-refractivity contribution in [2.75, 3.05) is 26.7 Å². The molecular weight excluding hydrogens is 485 g/mol. The summed E-state index contributed by atoms with van der Waals surface area (Å²) < 4.78 is 5.75. The number of carbonyl (C=O) groups excluding carboxylic acids is 2. The molecule has 1 unspecified atom stereocenters. The Morgan fingerprint density at radius 2 is 1.79 bits per heavy atom. The fraction of sp³-hybridized carbons (Fsp3) is 0.550. The van der Waals surface area contributed by atoms with E-state index in [9.17, 15) is 9.59 Å². The molecule has 164 valence electrons. The maximum atomic E-state index is 11.9. The number of rotatable bonds is 11. The van der Waals surface area contributed by atoms with E-state index in [4.69, 9.17) is 10.5 Å². The maximum Gasteiger partial charge on any atom is 0.251 e. The number of hydrogen-bond acceptors (Lipinski definition) is 4. The third-order valence-corrected chi connectivity index (χ3v) is 4.17. The van der Waals surface area contributed by atoms with E-state index in [2.05, 4.69) is 34.8 Å². The van der Waals surface area contributed by atoms with Crippen LogP contribution >= 0.6 is 24.0 Å². The number of benzene rings is 1. The Morgan fingerprint density at radius 3 is 2.31 bits per heavy atom. The highest BCUT2D eigenvalue weighted by Crippen LogP contribution is 2.10. The predicted octanol–water partition coefficient (Wildman–Crippen LogP) is 1.64. The predicted molar refractivity (Wildman–Crippen MR) is 126 cm³/mol. The van der Waals surface area contributed by atoms with Gasteiger partial charge in [-0.25, -0.2) is 0 Å². The Balaban J connectivity index is 0.00000784. The first kappa shape index (κ1) is 27.1. The van der Waals surface area contributed by atoms with Crippen molar-refractivity contribution >= 4 is 41.8 Å². The SMILES string of the molecule is CCOC(CCNC(=NC)NCc1ccc(C(=O)NCC(N)=O)cc1)C(C)C.I. The molecule has 8 nitrogen and oxygen atoms in total. The second kappa shape index (κ2) is 15.0. The average Bonchev–Trinajstić information content (AvgIpc) is 2.68. The second-order valence-electron chi connectivity index (χ2n) is 6.72. The number of primary amides is 1. The minimum Gasteiger partial charge on any atom is -0.378 e. The number of amides is 2. The van der Waals surface area contributed by atoms with E-state index < -0.39 is 5.91 Å². The Labute approximate surface area is 190 Å². The molecule has 0 fully saturated rings. The lowest BCUT2D eigenvalue weighted by atomic mass is 10.0. The van der Waals surface area contributed by atoms with E-state index in [-0.39, 0.29) is 42.5 Å². The molecule has 0 aliphatic carbocycles. The quantitative estimate of drug-likeness (QED) is 0.202. The topological polar surface area (TPSA) is 118 Å². The van der Waals surface area contributed by atoms with Crippen molar-refractivity contribution in [3.8, 4) is 0 Å². The van der Waals surface area contributed by atoms with E-state index in [1.54, 1.807) is 19.2 Å². The van der Waals surface area contributed by atoms with Crippen LogP contribution in [0, 0.1) is 5.92 Å². The molecule has 0 aliphatic heterocycles. The smallest absolute Gasteiger partial charge is 0.251 e. The summed E-state index contributed by atoms with van der Waals surface area (Å²) in [5.41, 5.74) is 6.50. The highest BCUT2D eigenvalue weighted by Gasteiger charge is 2.13. The highest BCUT2D eigenvalue weighted by atomic mass is 127. The summed E-state index contributed by atoms with van der Waals surface area (Å²) in [5, 5.41) is 8.99. The number of hydrogen-bond donors (Lipinski definition) is 4. The van der Waals surface area contributed by atoms with Crippen molar-refractivity contribution in [2.24, 2.45) is 16.6 Å². The van der Waals surface area contributed by atoms with Crippen LogP contribution in [0.4, 0.5) is 0 Å². The van der Waals surface area contributed by atoms with Crippen LogP contribution in [-0.4, -0.2) is 50.6 Å². The Kier molecular flexibility index (Phi) is 14.1. The molecular formula is C20H34IN5O3. The zero-order valence-corrected chi connectivity index (χ0v) is 20.0. The minimum atomic E-state index is -0.575. The Bertz CT molecular complexity index is 650. The molecule has 29 heavy (non-hydrogen) atoms. The van der Waals surface area contributed by atoms with Crippen LogP contribution in [-0.2, 0) is 16.1 Å². The standard InChI is InChI=1S/C20H33N5O3.HI/c1-5-28-17(14(2)3)10-11-23-20(22-4)25-12-15-6-8-16(9-7-15)19(27)24-13-18(21)26;/h6-9,14,17H,5,10-13H2,1-4H3,(H2,21,26)(H,24,27)(H2,22,23,25);1H.